The normalized spacial score (nSPS) is 11.5. The van der Waals surface area contributed by atoms with Gasteiger partial charge >= 0.3 is 6.03 Å². The molecular weight excluding hydrogens is 444 g/mol. The molecule has 0 spiro atoms. The van der Waals surface area contributed by atoms with Crippen LogP contribution in [0, 0.1) is 0 Å². The van der Waals surface area contributed by atoms with Crippen molar-refractivity contribution in [3.8, 4) is 5.75 Å². The second kappa shape index (κ2) is 17.9. The molecule has 0 aliphatic rings. The van der Waals surface area contributed by atoms with Crippen LogP contribution in [0.25, 0.3) is 0 Å². The summed E-state index contributed by atoms with van der Waals surface area (Å²) in [7, 11) is 0. The molecule has 2 amide bonds. The third-order valence-corrected chi connectivity index (χ3v) is 7.14. The Morgan fingerprint density at radius 2 is 1.32 bits per heavy atom. The highest BCUT2D eigenvalue weighted by molar-refractivity contribution is 7.98. The van der Waals surface area contributed by atoms with Crippen LogP contribution in [0.1, 0.15) is 54.4 Å². The number of ether oxygens (including phenoxy) is 1. The van der Waals surface area contributed by atoms with Gasteiger partial charge in [0.1, 0.15) is 12.4 Å². The van der Waals surface area contributed by atoms with Crippen molar-refractivity contribution in [2.24, 2.45) is 0 Å². The fraction of sp³-hybridized carbons (Fsp3) is 0.741. The van der Waals surface area contributed by atoms with E-state index in [4.69, 9.17) is 4.74 Å². The topological polar surface area (TPSA) is 39.3 Å². The van der Waals surface area contributed by atoms with Gasteiger partial charge in [-0.1, -0.05) is 27.7 Å². The van der Waals surface area contributed by atoms with Crippen molar-refractivity contribution in [1.82, 2.24) is 19.6 Å². The molecule has 7 heteroatoms. The molecular formula is C27H50N4O2S. The van der Waals surface area contributed by atoms with Crippen molar-refractivity contribution in [3.63, 3.8) is 0 Å². The average Bonchev–Trinajstić information content (AvgIpc) is 2.85. The summed E-state index contributed by atoms with van der Waals surface area (Å²) in [6, 6.07) is 8.40. The summed E-state index contributed by atoms with van der Waals surface area (Å²) in [5.74, 6) is 0.851. The number of carbonyl (C=O) groups is 1. The maximum atomic E-state index is 13.6. The van der Waals surface area contributed by atoms with Crippen LogP contribution in [0.2, 0.25) is 0 Å². The molecule has 0 N–H and O–H groups in total. The number of nitrogens with zero attached hydrogens (tertiary/aromatic N) is 4. The fourth-order valence-corrected chi connectivity index (χ4v) is 4.45. The Balaban J connectivity index is 2.74. The van der Waals surface area contributed by atoms with Crippen molar-refractivity contribution in [3.05, 3.63) is 24.3 Å². The van der Waals surface area contributed by atoms with E-state index < -0.39 is 0 Å². The molecule has 0 unspecified atom stereocenters. The van der Waals surface area contributed by atoms with Crippen LogP contribution in [0.4, 0.5) is 4.79 Å². The number of rotatable bonds is 18. The molecule has 0 aliphatic carbocycles. The zero-order chi connectivity index (χ0) is 25.3. The number of carbonyl (C=O) groups excluding carboxylic acids is 1. The van der Waals surface area contributed by atoms with Crippen LogP contribution >= 0.6 is 11.8 Å². The summed E-state index contributed by atoms with van der Waals surface area (Å²) in [6.07, 6.45) is 4.07. The molecule has 0 saturated heterocycles. The Morgan fingerprint density at radius 1 is 0.824 bits per heavy atom. The maximum Gasteiger partial charge on any atom is 0.320 e. The maximum absolute atomic E-state index is 13.6. The highest BCUT2D eigenvalue weighted by Gasteiger charge is 2.23. The van der Waals surface area contributed by atoms with Gasteiger partial charge in [0.15, 0.2) is 0 Å². The van der Waals surface area contributed by atoms with Crippen molar-refractivity contribution < 1.29 is 9.53 Å². The Hall–Kier alpha value is -1.44. The number of urea groups is 1. The van der Waals surface area contributed by atoms with Gasteiger partial charge in [-0.3, -0.25) is 0 Å². The fourth-order valence-electron chi connectivity index (χ4n) is 4.04. The first-order chi connectivity index (χ1) is 16.4. The van der Waals surface area contributed by atoms with Gasteiger partial charge in [-0.05, 0) is 96.5 Å². The van der Waals surface area contributed by atoms with Gasteiger partial charge in [-0.25, -0.2) is 4.79 Å². The van der Waals surface area contributed by atoms with Crippen LogP contribution < -0.4 is 4.74 Å². The number of benzene rings is 1. The number of hydrogen-bond donors (Lipinski definition) is 0. The molecule has 34 heavy (non-hydrogen) atoms. The molecule has 6 nitrogen and oxygen atoms in total. The van der Waals surface area contributed by atoms with E-state index in [0.29, 0.717) is 13.2 Å². The first-order valence-electron chi connectivity index (χ1n) is 13.2. The Kier molecular flexibility index (Phi) is 16.1. The van der Waals surface area contributed by atoms with Crippen LogP contribution in [-0.4, -0.2) is 103 Å². The first kappa shape index (κ1) is 30.6. The Morgan fingerprint density at radius 3 is 1.74 bits per heavy atom. The molecule has 0 bridgehead atoms. The van der Waals surface area contributed by atoms with Crippen LogP contribution in [0.15, 0.2) is 29.2 Å². The van der Waals surface area contributed by atoms with Gasteiger partial charge in [-0.15, -0.1) is 11.8 Å². The minimum atomic E-state index is 0.128. The molecule has 0 aromatic heterocycles. The van der Waals surface area contributed by atoms with Crippen molar-refractivity contribution in [1.29, 1.82) is 0 Å². The summed E-state index contributed by atoms with van der Waals surface area (Å²) in [6.45, 7) is 21.9. The molecule has 1 aromatic carbocycles. The van der Waals surface area contributed by atoms with E-state index >= 15 is 0 Å². The molecule has 0 fully saturated rings. The van der Waals surface area contributed by atoms with E-state index in [-0.39, 0.29) is 12.1 Å². The lowest BCUT2D eigenvalue weighted by Gasteiger charge is -2.34. The Labute approximate surface area is 214 Å². The molecule has 1 aromatic rings. The lowest BCUT2D eigenvalue weighted by molar-refractivity contribution is 0.124. The van der Waals surface area contributed by atoms with E-state index in [1.54, 1.807) is 11.8 Å². The summed E-state index contributed by atoms with van der Waals surface area (Å²) in [5.41, 5.74) is 0. The van der Waals surface area contributed by atoms with Crippen molar-refractivity contribution in [2.75, 3.05) is 71.8 Å². The SMILES string of the molecule is CCN(CC)CCCN(CCCN(CC)CC)C(=O)N(CCOc1ccc(SC)cc1)C(C)C. The molecule has 0 heterocycles. The zero-order valence-corrected chi connectivity index (χ0v) is 23.7. The van der Waals surface area contributed by atoms with E-state index in [9.17, 15) is 4.79 Å². The smallest absolute Gasteiger partial charge is 0.320 e. The minimum Gasteiger partial charge on any atom is -0.492 e. The lowest BCUT2D eigenvalue weighted by Crippen LogP contribution is -2.49. The zero-order valence-electron chi connectivity index (χ0n) is 22.9. The average molecular weight is 495 g/mol. The molecule has 0 saturated carbocycles. The van der Waals surface area contributed by atoms with E-state index in [0.717, 1.165) is 70.9 Å². The summed E-state index contributed by atoms with van der Waals surface area (Å²) >= 11 is 1.72. The van der Waals surface area contributed by atoms with Gasteiger partial charge in [0.2, 0.25) is 0 Å². The third kappa shape index (κ3) is 11.3. The largest absolute Gasteiger partial charge is 0.492 e. The summed E-state index contributed by atoms with van der Waals surface area (Å²) < 4.78 is 5.96. The molecule has 196 valence electrons. The van der Waals surface area contributed by atoms with Crippen LogP contribution in [0.5, 0.6) is 5.75 Å². The number of thioether (sulfide) groups is 1. The first-order valence-corrected chi connectivity index (χ1v) is 14.4. The van der Waals surface area contributed by atoms with Gasteiger partial charge in [0.05, 0.1) is 6.54 Å². The third-order valence-electron chi connectivity index (χ3n) is 6.39. The quantitative estimate of drug-likeness (QED) is 0.256. The van der Waals surface area contributed by atoms with Gasteiger partial charge in [0, 0.05) is 24.0 Å². The van der Waals surface area contributed by atoms with E-state index in [1.165, 1.54) is 4.90 Å². The van der Waals surface area contributed by atoms with E-state index in [1.807, 2.05) is 17.0 Å². The lowest BCUT2D eigenvalue weighted by atomic mass is 10.2. The standard InChI is InChI=1S/C27H50N4O2S/c1-8-28(9-2)18-12-20-30(21-13-19-29(10-3)11-4)27(32)31(24(5)6)22-23-33-25-14-16-26(34-7)17-15-25/h14-17,24H,8-13,18-23H2,1-7H3. The summed E-state index contributed by atoms with van der Waals surface area (Å²) in [5, 5.41) is 0. The van der Waals surface area contributed by atoms with Crippen LogP contribution in [0.3, 0.4) is 0 Å². The second-order valence-electron chi connectivity index (χ2n) is 8.84. The molecule has 0 radical (unpaired) electrons. The number of hydrogen-bond acceptors (Lipinski definition) is 5. The van der Waals surface area contributed by atoms with Crippen molar-refractivity contribution >= 4 is 17.8 Å². The predicted molar refractivity (Wildman–Crippen MR) is 147 cm³/mol. The van der Waals surface area contributed by atoms with Gasteiger partial charge in [-0.2, -0.15) is 0 Å². The van der Waals surface area contributed by atoms with Crippen molar-refractivity contribution in [2.45, 2.75) is 65.3 Å². The van der Waals surface area contributed by atoms with Gasteiger partial charge in [0.25, 0.3) is 0 Å². The highest BCUT2D eigenvalue weighted by atomic mass is 32.2. The summed E-state index contributed by atoms with van der Waals surface area (Å²) in [4.78, 5) is 23.7. The second-order valence-corrected chi connectivity index (χ2v) is 9.72. The molecule has 1 rings (SSSR count). The van der Waals surface area contributed by atoms with Crippen LogP contribution in [-0.2, 0) is 0 Å². The Bertz CT molecular complexity index is 631. The van der Waals surface area contributed by atoms with E-state index in [2.05, 4.69) is 74.6 Å². The monoisotopic (exact) mass is 494 g/mol. The minimum absolute atomic E-state index is 0.128. The van der Waals surface area contributed by atoms with Gasteiger partial charge < -0.3 is 24.3 Å². The predicted octanol–water partition coefficient (Wildman–Crippen LogP) is 5.38. The molecule has 0 atom stereocenters. The molecule has 0 aliphatic heterocycles. The number of amides is 2. The highest BCUT2D eigenvalue weighted by Crippen LogP contribution is 2.19.